The molecule has 0 spiro atoms. The molecule has 0 radical (unpaired) electrons. The Balaban J connectivity index is 2.40. The predicted octanol–water partition coefficient (Wildman–Crippen LogP) is 2.93. The zero-order valence-corrected chi connectivity index (χ0v) is 14.5. The van der Waals surface area contributed by atoms with E-state index < -0.39 is 23.3 Å². The van der Waals surface area contributed by atoms with E-state index >= 15 is 0 Å². The zero-order valence-electron chi connectivity index (χ0n) is 13.0. The predicted molar refractivity (Wildman–Crippen MR) is 87.3 cm³/mol. The number of alkyl halides is 3. The van der Waals surface area contributed by atoms with Crippen LogP contribution in [-0.2, 0) is 6.18 Å². The first-order valence-corrected chi connectivity index (χ1v) is 7.96. The van der Waals surface area contributed by atoms with Gasteiger partial charge < -0.3 is 10.6 Å². The number of hydrogen-bond acceptors (Lipinski definition) is 4. The number of carbonyl (C=O) groups is 1. The van der Waals surface area contributed by atoms with Crippen LogP contribution in [0.1, 0.15) is 23.0 Å². The number of pyridine rings is 1. The molecule has 0 saturated heterocycles. The maximum Gasteiger partial charge on any atom is 0.434 e. The molecule has 2 rings (SSSR count). The summed E-state index contributed by atoms with van der Waals surface area (Å²) in [4.78, 5) is 15.9. The Bertz CT molecular complexity index is 763. The summed E-state index contributed by atoms with van der Waals surface area (Å²) in [6, 6.07) is 1.24. The lowest BCUT2D eigenvalue weighted by Crippen LogP contribution is -2.33. The number of rotatable bonds is 6. The molecular formula is C14H14Cl2F3N5O. The molecule has 2 heterocycles. The van der Waals surface area contributed by atoms with Crippen molar-refractivity contribution in [3.63, 3.8) is 0 Å². The van der Waals surface area contributed by atoms with E-state index in [-0.39, 0.29) is 22.4 Å². The summed E-state index contributed by atoms with van der Waals surface area (Å²) >= 11 is 11.6. The number of likely N-dealkylation sites (N-methyl/N-ethyl adjacent to an activating group) is 1. The number of nitrogens with zero attached hydrogens (tertiary/aromatic N) is 3. The van der Waals surface area contributed by atoms with E-state index in [2.05, 4.69) is 20.7 Å². The van der Waals surface area contributed by atoms with E-state index in [1.165, 1.54) is 6.07 Å². The zero-order chi connectivity index (χ0) is 18.6. The van der Waals surface area contributed by atoms with Crippen molar-refractivity contribution in [1.29, 1.82) is 0 Å². The summed E-state index contributed by atoms with van der Waals surface area (Å²) in [5.74, 6) is -1.16. The maximum absolute atomic E-state index is 13.5. The fraction of sp³-hybridized carbons (Fsp3) is 0.357. The van der Waals surface area contributed by atoms with Crippen LogP contribution in [0.3, 0.4) is 0 Å². The molecule has 0 aliphatic carbocycles. The first-order valence-electron chi connectivity index (χ1n) is 7.21. The molecule has 0 aliphatic heterocycles. The van der Waals surface area contributed by atoms with Gasteiger partial charge in [0.2, 0.25) is 0 Å². The number of carbonyl (C=O) groups excluding carboxylic acids is 1. The molecule has 2 aromatic rings. The molecule has 2 aromatic heterocycles. The van der Waals surface area contributed by atoms with Crippen LogP contribution in [0.25, 0.3) is 5.82 Å². The van der Waals surface area contributed by atoms with E-state index in [4.69, 9.17) is 23.2 Å². The lowest BCUT2D eigenvalue weighted by atomic mass is 10.2. The van der Waals surface area contributed by atoms with E-state index in [1.54, 1.807) is 0 Å². The Morgan fingerprint density at radius 1 is 1.28 bits per heavy atom. The van der Waals surface area contributed by atoms with Crippen LogP contribution in [0.4, 0.5) is 13.2 Å². The summed E-state index contributed by atoms with van der Waals surface area (Å²) in [6.07, 6.45) is -2.87. The van der Waals surface area contributed by atoms with Gasteiger partial charge in [-0.05, 0) is 12.6 Å². The molecule has 0 atom stereocenters. The van der Waals surface area contributed by atoms with Gasteiger partial charge in [0.25, 0.3) is 5.91 Å². The highest BCUT2D eigenvalue weighted by atomic mass is 35.5. The van der Waals surface area contributed by atoms with Crippen LogP contribution in [0, 0.1) is 0 Å². The van der Waals surface area contributed by atoms with E-state index in [1.807, 2.05) is 6.92 Å². The lowest BCUT2D eigenvalue weighted by Gasteiger charge is -2.13. The maximum atomic E-state index is 13.5. The van der Waals surface area contributed by atoms with Crippen LogP contribution in [0.5, 0.6) is 0 Å². The average Bonchev–Trinajstić information content (AvgIpc) is 2.96. The van der Waals surface area contributed by atoms with Crippen LogP contribution in [0.15, 0.2) is 18.5 Å². The Hall–Kier alpha value is -1.84. The molecule has 0 bridgehead atoms. The molecule has 1 amide bonds. The third kappa shape index (κ3) is 4.62. The van der Waals surface area contributed by atoms with Gasteiger partial charge in [-0.1, -0.05) is 30.1 Å². The summed E-state index contributed by atoms with van der Waals surface area (Å²) in [5, 5.41) is 9.03. The van der Waals surface area contributed by atoms with Gasteiger partial charge in [-0.2, -0.15) is 18.3 Å². The monoisotopic (exact) mass is 395 g/mol. The second-order valence-electron chi connectivity index (χ2n) is 4.88. The van der Waals surface area contributed by atoms with Gasteiger partial charge in [-0.15, -0.1) is 0 Å². The SMILES string of the molecule is CCNCCNC(=O)c1cnn(-c2ncc(Cl)cc2Cl)c1C(F)(F)F. The van der Waals surface area contributed by atoms with Crippen LogP contribution < -0.4 is 10.6 Å². The summed E-state index contributed by atoms with van der Waals surface area (Å²) in [5.41, 5.74) is -1.87. The highest BCUT2D eigenvalue weighted by molar-refractivity contribution is 6.35. The second kappa shape index (κ2) is 8.03. The van der Waals surface area contributed by atoms with Crippen molar-refractivity contribution in [3.05, 3.63) is 39.8 Å². The van der Waals surface area contributed by atoms with Crippen molar-refractivity contribution in [3.8, 4) is 5.82 Å². The minimum absolute atomic E-state index is 0.125. The topological polar surface area (TPSA) is 71.8 Å². The van der Waals surface area contributed by atoms with E-state index in [0.717, 1.165) is 12.4 Å². The molecular weight excluding hydrogens is 382 g/mol. The summed E-state index contributed by atoms with van der Waals surface area (Å²) < 4.78 is 41.0. The first kappa shape index (κ1) is 19.5. The number of halogens is 5. The Kier molecular flexibility index (Phi) is 6.26. The third-order valence-corrected chi connectivity index (χ3v) is 3.59. The minimum atomic E-state index is -4.84. The van der Waals surface area contributed by atoms with Gasteiger partial charge >= 0.3 is 6.18 Å². The van der Waals surface area contributed by atoms with Crippen molar-refractivity contribution in [1.82, 2.24) is 25.4 Å². The minimum Gasteiger partial charge on any atom is -0.351 e. The lowest BCUT2D eigenvalue weighted by molar-refractivity contribution is -0.143. The standard InChI is InChI=1S/C14H14Cl2F3N5O/c1-2-20-3-4-21-13(25)9-7-23-24(11(9)14(17,18)19)12-10(16)5-8(15)6-22-12/h5-7,20H,2-4H2,1H3,(H,21,25). The smallest absolute Gasteiger partial charge is 0.351 e. The van der Waals surface area contributed by atoms with Gasteiger partial charge in [0, 0.05) is 19.3 Å². The number of hydrogen-bond donors (Lipinski definition) is 2. The number of amides is 1. The Morgan fingerprint density at radius 2 is 2.00 bits per heavy atom. The van der Waals surface area contributed by atoms with Crippen molar-refractivity contribution >= 4 is 29.1 Å². The van der Waals surface area contributed by atoms with Crippen LogP contribution >= 0.6 is 23.2 Å². The average molecular weight is 396 g/mol. The van der Waals surface area contributed by atoms with Crippen molar-refractivity contribution < 1.29 is 18.0 Å². The molecule has 2 N–H and O–H groups in total. The summed E-state index contributed by atoms with van der Waals surface area (Å²) in [6.45, 7) is 3.16. The molecule has 0 saturated carbocycles. The Morgan fingerprint density at radius 3 is 2.60 bits per heavy atom. The molecule has 0 unspecified atom stereocenters. The van der Waals surface area contributed by atoms with Gasteiger partial charge in [-0.25, -0.2) is 9.67 Å². The van der Waals surface area contributed by atoms with Crippen molar-refractivity contribution in [2.45, 2.75) is 13.1 Å². The number of nitrogens with one attached hydrogen (secondary N) is 2. The van der Waals surface area contributed by atoms with Crippen molar-refractivity contribution in [2.24, 2.45) is 0 Å². The van der Waals surface area contributed by atoms with Gasteiger partial charge in [0.05, 0.1) is 21.8 Å². The highest BCUT2D eigenvalue weighted by Gasteiger charge is 2.41. The quantitative estimate of drug-likeness (QED) is 0.737. The molecule has 0 fully saturated rings. The third-order valence-electron chi connectivity index (χ3n) is 3.11. The Labute approximate surface area is 151 Å². The molecule has 6 nitrogen and oxygen atoms in total. The summed E-state index contributed by atoms with van der Waals surface area (Å²) in [7, 11) is 0. The van der Waals surface area contributed by atoms with Gasteiger partial charge in [0.15, 0.2) is 11.5 Å². The molecule has 11 heteroatoms. The fourth-order valence-corrected chi connectivity index (χ4v) is 2.51. The van der Waals surface area contributed by atoms with E-state index in [9.17, 15) is 18.0 Å². The van der Waals surface area contributed by atoms with E-state index in [0.29, 0.717) is 17.8 Å². The number of aromatic nitrogens is 3. The molecule has 136 valence electrons. The first-order chi connectivity index (χ1) is 11.8. The molecule has 0 aromatic carbocycles. The van der Waals surface area contributed by atoms with Gasteiger partial charge in [0.1, 0.15) is 0 Å². The van der Waals surface area contributed by atoms with Gasteiger partial charge in [-0.3, -0.25) is 4.79 Å². The highest BCUT2D eigenvalue weighted by Crippen LogP contribution is 2.34. The van der Waals surface area contributed by atoms with Crippen LogP contribution in [0.2, 0.25) is 10.0 Å². The largest absolute Gasteiger partial charge is 0.434 e. The molecule has 25 heavy (non-hydrogen) atoms. The second-order valence-corrected chi connectivity index (χ2v) is 5.73. The van der Waals surface area contributed by atoms with Crippen LogP contribution in [-0.4, -0.2) is 40.3 Å². The molecule has 0 aliphatic rings. The fourth-order valence-electron chi connectivity index (χ4n) is 2.05. The van der Waals surface area contributed by atoms with Crippen molar-refractivity contribution in [2.75, 3.05) is 19.6 Å². The normalized spacial score (nSPS) is 11.6.